The standard InChI is InChI=1S/C14H20ClN5/c1-3-11-14(15)13(20(4-2)19-11)8-12(18-16)10-6-5-7-17-9-10/h5-7,9,12,18H,3-4,8,16H2,1-2H3. The number of pyridine rings is 1. The van der Waals surface area contributed by atoms with Crippen LogP contribution in [0.2, 0.25) is 5.02 Å². The monoisotopic (exact) mass is 293 g/mol. The van der Waals surface area contributed by atoms with Crippen molar-refractivity contribution in [1.29, 1.82) is 0 Å². The van der Waals surface area contributed by atoms with Crippen LogP contribution in [0.1, 0.15) is 36.8 Å². The molecule has 0 spiro atoms. The van der Waals surface area contributed by atoms with Crippen LogP contribution in [0.3, 0.4) is 0 Å². The fourth-order valence-electron chi connectivity index (χ4n) is 2.26. The van der Waals surface area contributed by atoms with Crippen molar-refractivity contribution >= 4 is 11.6 Å². The van der Waals surface area contributed by atoms with E-state index in [1.54, 1.807) is 6.20 Å². The Labute approximate surface area is 124 Å². The molecular weight excluding hydrogens is 274 g/mol. The summed E-state index contributed by atoms with van der Waals surface area (Å²) in [7, 11) is 0. The number of aromatic nitrogens is 3. The summed E-state index contributed by atoms with van der Waals surface area (Å²) in [5.74, 6) is 5.68. The molecule has 108 valence electrons. The quantitative estimate of drug-likeness (QED) is 0.633. The molecule has 2 aromatic heterocycles. The van der Waals surface area contributed by atoms with E-state index in [0.29, 0.717) is 6.42 Å². The predicted octanol–water partition coefficient (Wildman–Crippen LogP) is 2.26. The van der Waals surface area contributed by atoms with Gasteiger partial charge in [0.05, 0.1) is 22.5 Å². The van der Waals surface area contributed by atoms with Gasteiger partial charge in [0.15, 0.2) is 0 Å². The van der Waals surface area contributed by atoms with Crippen molar-refractivity contribution < 1.29 is 0 Å². The lowest BCUT2D eigenvalue weighted by molar-refractivity contribution is 0.515. The highest BCUT2D eigenvalue weighted by Gasteiger charge is 2.19. The summed E-state index contributed by atoms with van der Waals surface area (Å²) in [5.41, 5.74) is 5.82. The van der Waals surface area contributed by atoms with E-state index < -0.39 is 0 Å². The molecule has 0 amide bonds. The first-order chi connectivity index (χ1) is 9.71. The highest BCUT2D eigenvalue weighted by molar-refractivity contribution is 6.31. The summed E-state index contributed by atoms with van der Waals surface area (Å²) >= 11 is 6.43. The molecular formula is C14H20ClN5. The van der Waals surface area contributed by atoms with Gasteiger partial charge < -0.3 is 0 Å². The third-order valence-corrected chi connectivity index (χ3v) is 3.82. The zero-order chi connectivity index (χ0) is 14.5. The van der Waals surface area contributed by atoms with Gasteiger partial charge >= 0.3 is 0 Å². The van der Waals surface area contributed by atoms with Crippen molar-refractivity contribution in [2.45, 2.75) is 39.3 Å². The molecule has 0 fully saturated rings. The zero-order valence-corrected chi connectivity index (χ0v) is 12.6. The molecule has 1 atom stereocenters. The lowest BCUT2D eigenvalue weighted by atomic mass is 10.0. The van der Waals surface area contributed by atoms with Gasteiger partial charge in [-0.05, 0) is 25.0 Å². The van der Waals surface area contributed by atoms with Crippen LogP contribution in [-0.2, 0) is 19.4 Å². The van der Waals surface area contributed by atoms with Gasteiger partial charge in [-0.2, -0.15) is 5.10 Å². The summed E-state index contributed by atoms with van der Waals surface area (Å²) in [6.07, 6.45) is 5.07. The van der Waals surface area contributed by atoms with Crippen molar-refractivity contribution in [2.75, 3.05) is 0 Å². The molecule has 0 aliphatic heterocycles. The molecule has 2 aromatic rings. The Morgan fingerprint density at radius 3 is 2.80 bits per heavy atom. The topological polar surface area (TPSA) is 68.8 Å². The number of nitrogens with one attached hydrogen (secondary N) is 1. The van der Waals surface area contributed by atoms with Crippen molar-refractivity contribution in [3.8, 4) is 0 Å². The van der Waals surface area contributed by atoms with E-state index in [2.05, 4.69) is 29.4 Å². The largest absolute Gasteiger partial charge is 0.271 e. The second kappa shape index (κ2) is 6.83. The molecule has 0 aliphatic rings. The number of aryl methyl sites for hydroxylation is 2. The van der Waals surface area contributed by atoms with Crippen LogP contribution in [0.4, 0.5) is 0 Å². The van der Waals surface area contributed by atoms with E-state index >= 15 is 0 Å². The molecule has 20 heavy (non-hydrogen) atoms. The van der Waals surface area contributed by atoms with Crippen molar-refractivity contribution in [1.82, 2.24) is 20.2 Å². The minimum Gasteiger partial charge on any atom is -0.271 e. The summed E-state index contributed by atoms with van der Waals surface area (Å²) in [6, 6.07) is 3.86. The smallest absolute Gasteiger partial charge is 0.0850 e. The van der Waals surface area contributed by atoms with Crippen LogP contribution >= 0.6 is 11.6 Å². The highest BCUT2D eigenvalue weighted by atomic mass is 35.5. The van der Waals surface area contributed by atoms with Crippen LogP contribution in [0, 0.1) is 0 Å². The lowest BCUT2D eigenvalue weighted by Crippen LogP contribution is -2.30. The first-order valence-electron chi connectivity index (χ1n) is 6.81. The van der Waals surface area contributed by atoms with Gasteiger partial charge in [0.1, 0.15) is 0 Å². The fraction of sp³-hybridized carbons (Fsp3) is 0.429. The number of nitrogens with two attached hydrogens (primary N) is 1. The van der Waals surface area contributed by atoms with Crippen LogP contribution in [0.15, 0.2) is 24.5 Å². The Morgan fingerprint density at radius 1 is 1.45 bits per heavy atom. The van der Waals surface area contributed by atoms with Gasteiger partial charge in [-0.3, -0.25) is 20.9 Å². The van der Waals surface area contributed by atoms with Gasteiger partial charge in [0.25, 0.3) is 0 Å². The molecule has 5 nitrogen and oxygen atoms in total. The number of hydrogen-bond acceptors (Lipinski definition) is 4. The van der Waals surface area contributed by atoms with Crippen LogP contribution in [-0.4, -0.2) is 14.8 Å². The van der Waals surface area contributed by atoms with Crippen LogP contribution in [0.25, 0.3) is 0 Å². The zero-order valence-electron chi connectivity index (χ0n) is 11.8. The molecule has 6 heteroatoms. The van der Waals surface area contributed by atoms with Crippen LogP contribution in [0.5, 0.6) is 0 Å². The Balaban J connectivity index is 2.30. The van der Waals surface area contributed by atoms with Gasteiger partial charge in [-0.1, -0.05) is 24.6 Å². The SMILES string of the molecule is CCc1nn(CC)c(CC(NN)c2cccnc2)c1Cl. The van der Waals surface area contributed by atoms with E-state index in [1.165, 1.54) is 0 Å². The Bertz CT molecular complexity index is 552. The highest BCUT2D eigenvalue weighted by Crippen LogP contribution is 2.26. The van der Waals surface area contributed by atoms with Crippen LogP contribution < -0.4 is 11.3 Å². The number of nitrogens with zero attached hydrogens (tertiary/aromatic N) is 3. The third-order valence-electron chi connectivity index (χ3n) is 3.38. The molecule has 2 rings (SSSR count). The third kappa shape index (κ3) is 3.00. The first-order valence-corrected chi connectivity index (χ1v) is 7.19. The van der Waals surface area contributed by atoms with Gasteiger partial charge in [-0.15, -0.1) is 0 Å². The normalized spacial score (nSPS) is 12.6. The molecule has 3 N–H and O–H groups in total. The summed E-state index contributed by atoms with van der Waals surface area (Å²) in [4.78, 5) is 4.13. The predicted molar refractivity (Wildman–Crippen MR) is 80.3 cm³/mol. The maximum atomic E-state index is 6.43. The number of rotatable bonds is 6. The van der Waals surface area contributed by atoms with E-state index in [-0.39, 0.29) is 6.04 Å². The molecule has 0 saturated heterocycles. The summed E-state index contributed by atoms with van der Waals surface area (Å²) < 4.78 is 1.95. The average molecular weight is 294 g/mol. The summed E-state index contributed by atoms with van der Waals surface area (Å²) in [6.45, 7) is 4.90. The molecule has 0 aromatic carbocycles. The molecule has 2 heterocycles. The van der Waals surface area contributed by atoms with E-state index in [0.717, 1.165) is 34.9 Å². The van der Waals surface area contributed by atoms with Crippen molar-refractivity contribution in [2.24, 2.45) is 5.84 Å². The Kier molecular flexibility index (Phi) is 5.11. The van der Waals surface area contributed by atoms with Gasteiger partial charge in [0, 0.05) is 25.4 Å². The second-order valence-corrected chi connectivity index (χ2v) is 4.96. The molecule has 0 saturated carbocycles. The first kappa shape index (κ1) is 15.0. The molecule has 0 bridgehead atoms. The lowest BCUT2D eigenvalue weighted by Gasteiger charge is -2.16. The van der Waals surface area contributed by atoms with E-state index in [1.807, 2.05) is 23.0 Å². The second-order valence-electron chi connectivity index (χ2n) is 4.59. The Hall–Kier alpha value is -1.43. The van der Waals surface area contributed by atoms with E-state index in [9.17, 15) is 0 Å². The van der Waals surface area contributed by atoms with Gasteiger partial charge in [0.2, 0.25) is 0 Å². The van der Waals surface area contributed by atoms with Gasteiger partial charge in [-0.25, -0.2) is 0 Å². The maximum absolute atomic E-state index is 6.43. The Morgan fingerprint density at radius 2 is 2.25 bits per heavy atom. The van der Waals surface area contributed by atoms with E-state index in [4.69, 9.17) is 17.4 Å². The molecule has 0 aliphatic carbocycles. The fourth-order valence-corrected chi connectivity index (χ4v) is 2.61. The minimum absolute atomic E-state index is 0.0343. The number of halogens is 1. The number of hydrogen-bond donors (Lipinski definition) is 2. The molecule has 1 unspecified atom stereocenters. The number of hydrazine groups is 1. The molecule has 0 radical (unpaired) electrons. The van der Waals surface area contributed by atoms with Crippen molar-refractivity contribution in [3.63, 3.8) is 0 Å². The van der Waals surface area contributed by atoms with Crippen molar-refractivity contribution in [3.05, 3.63) is 46.5 Å². The summed E-state index contributed by atoms with van der Waals surface area (Å²) in [5, 5.41) is 5.28. The average Bonchev–Trinajstić information content (AvgIpc) is 2.81. The maximum Gasteiger partial charge on any atom is 0.0850 e. The minimum atomic E-state index is -0.0343.